The van der Waals surface area contributed by atoms with Crippen LogP contribution in [0, 0.1) is 11.3 Å². The smallest absolute Gasteiger partial charge is 0.0638 e. The van der Waals surface area contributed by atoms with Crippen molar-refractivity contribution in [1.29, 1.82) is 0 Å². The van der Waals surface area contributed by atoms with Crippen LogP contribution in [-0.4, -0.2) is 24.4 Å². The zero-order valence-electron chi connectivity index (χ0n) is 8.34. The number of ether oxygens (including phenoxy) is 1. The number of hydrogen-bond donors (Lipinski definition) is 1. The second-order valence-corrected chi connectivity index (χ2v) is 4.79. The maximum atomic E-state index is 9.93. The summed E-state index contributed by atoms with van der Waals surface area (Å²) >= 11 is 0. The topological polar surface area (TPSA) is 29.5 Å². The van der Waals surface area contributed by atoms with Crippen molar-refractivity contribution in [1.82, 2.24) is 0 Å². The molecule has 0 aromatic heterocycles. The third kappa shape index (κ3) is 2.46. The molecule has 1 fully saturated rings. The van der Waals surface area contributed by atoms with Gasteiger partial charge in [-0.2, -0.15) is 0 Å². The maximum Gasteiger partial charge on any atom is 0.0638 e. The lowest BCUT2D eigenvalue weighted by Crippen LogP contribution is -2.38. The van der Waals surface area contributed by atoms with E-state index in [0.29, 0.717) is 5.92 Å². The molecule has 72 valence electrons. The van der Waals surface area contributed by atoms with Crippen molar-refractivity contribution in [2.75, 3.05) is 13.2 Å². The standard InChI is InChI=1S/C10H20O2/c1-10(2,3)9(11)8-5-4-6-12-7-8/h8-9,11H,4-7H2,1-3H3. The highest BCUT2D eigenvalue weighted by Gasteiger charge is 2.31. The molecule has 2 heteroatoms. The van der Waals surface area contributed by atoms with Gasteiger partial charge in [-0.15, -0.1) is 0 Å². The van der Waals surface area contributed by atoms with E-state index in [2.05, 4.69) is 20.8 Å². The van der Waals surface area contributed by atoms with Crippen molar-refractivity contribution >= 4 is 0 Å². The minimum atomic E-state index is -0.224. The van der Waals surface area contributed by atoms with Crippen molar-refractivity contribution in [3.05, 3.63) is 0 Å². The fourth-order valence-corrected chi connectivity index (χ4v) is 1.72. The van der Waals surface area contributed by atoms with Crippen LogP contribution in [0.1, 0.15) is 33.6 Å². The Balaban J connectivity index is 2.45. The van der Waals surface area contributed by atoms with E-state index in [1.54, 1.807) is 0 Å². The second kappa shape index (κ2) is 3.75. The summed E-state index contributed by atoms with van der Waals surface area (Å²) in [6.07, 6.45) is 1.98. The van der Waals surface area contributed by atoms with Gasteiger partial charge >= 0.3 is 0 Å². The minimum Gasteiger partial charge on any atom is -0.392 e. The summed E-state index contributed by atoms with van der Waals surface area (Å²) in [4.78, 5) is 0. The van der Waals surface area contributed by atoms with Crippen molar-refractivity contribution in [3.63, 3.8) is 0 Å². The first kappa shape index (κ1) is 10.0. The monoisotopic (exact) mass is 172 g/mol. The molecule has 0 amide bonds. The van der Waals surface area contributed by atoms with Gasteiger partial charge in [0, 0.05) is 12.5 Å². The van der Waals surface area contributed by atoms with Gasteiger partial charge in [-0.1, -0.05) is 20.8 Å². The molecule has 0 aromatic rings. The first-order valence-electron chi connectivity index (χ1n) is 4.77. The summed E-state index contributed by atoms with van der Waals surface area (Å²) < 4.78 is 5.34. The van der Waals surface area contributed by atoms with E-state index in [1.807, 2.05) is 0 Å². The molecule has 0 bridgehead atoms. The van der Waals surface area contributed by atoms with Crippen LogP contribution in [0.4, 0.5) is 0 Å². The predicted molar refractivity (Wildman–Crippen MR) is 49.0 cm³/mol. The highest BCUT2D eigenvalue weighted by molar-refractivity contribution is 4.81. The lowest BCUT2D eigenvalue weighted by atomic mass is 9.79. The zero-order valence-corrected chi connectivity index (χ0v) is 8.34. The van der Waals surface area contributed by atoms with Crippen LogP contribution in [0.5, 0.6) is 0 Å². The van der Waals surface area contributed by atoms with Crippen LogP contribution in [-0.2, 0) is 4.74 Å². The molecule has 1 heterocycles. The Morgan fingerprint density at radius 1 is 1.42 bits per heavy atom. The lowest BCUT2D eigenvalue weighted by molar-refractivity contribution is -0.0532. The first-order valence-corrected chi connectivity index (χ1v) is 4.77. The van der Waals surface area contributed by atoms with E-state index in [1.165, 1.54) is 0 Å². The Morgan fingerprint density at radius 3 is 2.50 bits per heavy atom. The van der Waals surface area contributed by atoms with Crippen molar-refractivity contribution in [3.8, 4) is 0 Å². The van der Waals surface area contributed by atoms with Crippen molar-refractivity contribution in [2.45, 2.75) is 39.7 Å². The van der Waals surface area contributed by atoms with Crippen LogP contribution < -0.4 is 0 Å². The number of aliphatic hydroxyl groups excluding tert-OH is 1. The quantitative estimate of drug-likeness (QED) is 0.653. The molecule has 1 saturated heterocycles. The van der Waals surface area contributed by atoms with E-state index < -0.39 is 0 Å². The Bertz CT molecular complexity index is 131. The minimum absolute atomic E-state index is 0.00856. The first-order chi connectivity index (χ1) is 5.52. The molecule has 12 heavy (non-hydrogen) atoms. The molecule has 1 rings (SSSR count). The van der Waals surface area contributed by atoms with Crippen LogP contribution in [0.3, 0.4) is 0 Å². The molecule has 0 aliphatic carbocycles. The van der Waals surface area contributed by atoms with E-state index in [0.717, 1.165) is 26.1 Å². The van der Waals surface area contributed by atoms with Gasteiger partial charge in [-0.3, -0.25) is 0 Å². The Labute approximate surface area is 74.9 Å². The van der Waals surface area contributed by atoms with Crippen LogP contribution in [0.2, 0.25) is 0 Å². The van der Waals surface area contributed by atoms with Gasteiger partial charge in [-0.25, -0.2) is 0 Å². The molecule has 1 N–H and O–H groups in total. The highest BCUT2D eigenvalue weighted by atomic mass is 16.5. The van der Waals surface area contributed by atoms with Crippen LogP contribution >= 0.6 is 0 Å². The SMILES string of the molecule is CC(C)(C)C(O)C1CCCOC1. The average molecular weight is 172 g/mol. The molecule has 2 atom stereocenters. The second-order valence-electron chi connectivity index (χ2n) is 4.79. The van der Waals surface area contributed by atoms with Gasteiger partial charge in [0.15, 0.2) is 0 Å². The summed E-state index contributed by atoms with van der Waals surface area (Å²) in [5, 5.41) is 9.93. The van der Waals surface area contributed by atoms with Gasteiger partial charge in [-0.05, 0) is 18.3 Å². The molecule has 2 nitrogen and oxygen atoms in total. The van der Waals surface area contributed by atoms with E-state index >= 15 is 0 Å². The highest BCUT2D eigenvalue weighted by Crippen LogP contribution is 2.29. The zero-order chi connectivity index (χ0) is 9.19. The molecule has 0 radical (unpaired) electrons. The van der Waals surface area contributed by atoms with E-state index in [9.17, 15) is 5.11 Å². The predicted octanol–water partition coefficient (Wildman–Crippen LogP) is 1.82. The Hall–Kier alpha value is -0.0800. The summed E-state index contributed by atoms with van der Waals surface area (Å²) in [5.74, 6) is 0.346. The third-order valence-electron chi connectivity index (χ3n) is 2.53. The van der Waals surface area contributed by atoms with Gasteiger partial charge < -0.3 is 9.84 Å². The largest absolute Gasteiger partial charge is 0.392 e. The van der Waals surface area contributed by atoms with Crippen molar-refractivity contribution in [2.24, 2.45) is 11.3 Å². The summed E-state index contributed by atoms with van der Waals surface area (Å²) in [7, 11) is 0. The molecule has 2 unspecified atom stereocenters. The molecular formula is C10H20O2. The fourth-order valence-electron chi connectivity index (χ4n) is 1.72. The molecule has 0 spiro atoms. The molecule has 0 saturated carbocycles. The third-order valence-corrected chi connectivity index (χ3v) is 2.53. The number of aliphatic hydroxyl groups is 1. The Kier molecular flexibility index (Phi) is 3.13. The molecule has 0 aromatic carbocycles. The van der Waals surface area contributed by atoms with Gasteiger partial charge in [0.2, 0.25) is 0 Å². The molecule has 1 aliphatic heterocycles. The number of hydrogen-bond acceptors (Lipinski definition) is 2. The van der Waals surface area contributed by atoms with Crippen molar-refractivity contribution < 1.29 is 9.84 Å². The van der Waals surface area contributed by atoms with E-state index in [4.69, 9.17) is 4.74 Å². The maximum absolute atomic E-state index is 9.93. The van der Waals surface area contributed by atoms with Gasteiger partial charge in [0.25, 0.3) is 0 Å². The van der Waals surface area contributed by atoms with Crippen LogP contribution in [0.25, 0.3) is 0 Å². The van der Waals surface area contributed by atoms with Crippen LogP contribution in [0.15, 0.2) is 0 Å². The summed E-state index contributed by atoms with van der Waals surface area (Å²) in [6.45, 7) is 7.83. The number of rotatable bonds is 1. The molecule has 1 aliphatic rings. The summed E-state index contributed by atoms with van der Waals surface area (Å²) in [6, 6.07) is 0. The lowest BCUT2D eigenvalue weighted by Gasteiger charge is -2.34. The van der Waals surface area contributed by atoms with E-state index in [-0.39, 0.29) is 11.5 Å². The fraction of sp³-hybridized carbons (Fsp3) is 1.00. The normalized spacial score (nSPS) is 28.5. The van der Waals surface area contributed by atoms with Gasteiger partial charge in [0.1, 0.15) is 0 Å². The Morgan fingerprint density at radius 2 is 2.08 bits per heavy atom. The van der Waals surface area contributed by atoms with Gasteiger partial charge in [0.05, 0.1) is 12.7 Å². The molecular weight excluding hydrogens is 152 g/mol. The average Bonchev–Trinajstić information content (AvgIpc) is 2.03. The summed E-state index contributed by atoms with van der Waals surface area (Å²) in [5.41, 5.74) is -0.00856.